The standard InChI is InChI=1S/C18H15ClF2N2O2/c1-11-17(24)23(16-6-5-14(20)10-15(16)21)8-7-22(11)18(25)12-3-2-4-13(19)9-12/h2-6,9-11H,7-8H2,1H3/t11-/m1/s1. The number of amides is 2. The molecular weight excluding hydrogens is 350 g/mol. The highest BCUT2D eigenvalue weighted by atomic mass is 35.5. The number of rotatable bonds is 2. The molecule has 7 heteroatoms. The van der Waals surface area contributed by atoms with Gasteiger partial charge in [0.05, 0.1) is 5.69 Å². The van der Waals surface area contributed by atoms with Crippen LogP contribution in [-0.2, 0) is 4.79 Å². The Morgan fingerprint density at radius 2 is 1.92 bits per heavy atom. The molecule has 0 bridgehead atoms. The maximum absolute atomic E-state index is 14.0. The van der Waals surface area contributed by atoms with Gasteiger partial charge in [-0.25, -0.2) is 8.78 Å². The molecule has 0 radical (unpaired) electrons. The number of anilines is 1. The molecule has 1 aliphatic rings. The van der Waals surface area contributed by atoms with Crippen molar-refractivity contribution in [1.29, 1.82) is 0 Å². The summed E-state index contributed by atoms with van der Waals surface area (Å²) in [4.78, 5) is 27.9. The van der Waals surface area contributed by atoms with E-state index in [0.29, 0.717) is 10.6 Å². The van der Waals surface area contributed by atoms with E-state index in [-0.39, 0.29) is 24.7 Å². The van der Waals surface area contributed by atoms with Gasteiger partial charge in [-0.15, -0.1) is 0 Å². The molecule has 0 aliphatic carbocycles. The third kappa shape index (κ3) is 3.35. The lowest BCUT2D eigenvalue weighted by atomic mass is 10.1. The summed E-state index contributed by atoms with van der Waals surface area (Å²) in [5.41, 5.74) is 0.390. The highest BCUT2D eigenvalue weighted by molar-refractivity contribution is 6.31. The van der Waals surface area contributed by atoms with Gasteiger partial charge in [-0.05, 0) is 37.3 Å². The molecule has 2 aromatic rings. The molecule has 130 valence electrons. The molecule has 0 N–H and O–H groups in total. The van der Waals surface area contributed by atoms with Crippen molar-refractivity contribution in [3.05, 3.63) is 64.7 Å². The van der Waals surface area contributed by atoms with Crippen molar-refractivity contribution in [2.45, 2.75) is 13.0 Å². The Bertz CT molecular complexity index is 844. The number of benzene rings is 2. The summed E-state index contributed by atoms with van der Waals surface area (Å²) >= 11 is 5.91. The van der Waals surface area contributed by atoms with E-state index in [1.54, 1.807) is 25.1 Å². The lowest BCUT2D eigenvalue weighted by Gasteiger charge is -2.39. The smallest absolute Gasteiger partial charge is 0.254 e. The number of carbonyl (C=O) groups is 2. The van der Waals surface area contributed by atoms with Gasteiger partial charge < -0.3 is 9.80 Å². The zero-order valence-electron chi connectivity index (χ0n) is 13.4. The summed E-state index contributed by atoms with van der Waals surface area (Å²) in [5, 5.41) is 0.428. The third-order valence-corrected chi connectivity index (χ3v) is 4.42. The van der Waals surface area contributed by atoms with Gasteiger partial charge >= 0.3 is 0 Å². The van der Waals surface area contributed by atoms with Crippen LogP contribution in [0.25, 0.3) is 0 Å². The van der Waals surface area contributed by atoms with Gasteiger partial charge in [0.15, 0.2) is 0 Å². The van der Waals surface area contributed by atoms with E-state index in [1.165, 1.54) is 21.9 Å². The van der Waals surface area contributed by atoms with Crippen LogP contribution in [0.5, 0.6) is 0 Å². The number of hydrogen-bond acceptors (Lipinski definition) is 2. The Kier molecular flexibility index (Phi) is 4.72. The van der Waals surface area contributed by atoms with Crippen LogP contribution in [0.2, 0.25) is 5.02 Å². The van der Waals surface area contributed by atoms with Gasteiger partial charge in [0.25, 0.3) is 5.91 Å². The minimum Gasteiger partial charge on any atom is -0.325 e. The molecule has 0 aromatic heterocycles. The molecule has 0 spiro atoms. The quantitative estimate of drug-likeness (QED) is 0.818. The predicted octanol–water partition coefficient (Wildman–Crippen LogP) is 3.50. The van der Waals surface area contributed by atoms with Crippen molar-refractivity contribution in [1.82, 2.24) is 4.90 Å². The number of piperazine rings is 1. The summed E-state index contributed by atoms with van der Waals surface area (Å²) in [6.07, 6.45) is 0. The topological polar surface area (TPSA) is 40.6 Å². The van der Waals surface area contributed by atoms with Crippen molar-refractivity contribution in [2.24, 2.45) is 0 Å². The molecule has 25 heavy (non-hydrogen) atoms. The minimum atomic E-state index is -0.810. The van der Waals surface area contributed by atoms with Crippen LogP contribution < -0.4 is 4.90 Å². The van der Waals surface area contributed by atoms with Crippen LogP contribution in [0, 0.1) is 11.6 Å². The molecular formula is C18H15ClF2N2O2. The second kappa shape index (κ2) is 6.80. The highest BCUT2D eigenvalue weighted by Crippen LogP contribution is 2.25. The molecule has 4 nitrogen and oxygen atoms in total. The molecule has 2 aromatic carbocycles. The zero-order chi connectivity index (χ0) is 18.1. The van der Waals surface area contributed by atoms with Crippen LogP contribution in [0.15, 0.2) is 42.5 Å². The van der Waals surface area contributed by atoms with Crippen LogP contribution in [0.4, 0.5) is 14.5 Å². The van der Waals surface area contributed by atoms with Crippen molar-refractivity contribution in [3.63, 3.8) is 0 Å². The molecule has 1 heterocycles. The Balaban J connectivity index is 1.83. The highest BCUT2D eigenvalue weighted by Gasteiger charge is 2.36. The van der Waals surface area contributed by atoms with Crippen molar-refractivity contribution in [2.75, 3.05) is 18.0 Å². The number of nitrogens with zero attached hydrogens (tertiary/aromatic N) is 2. The Morgan fingerprint density at radius 3 is 2.60 bits per heavy atom. The fourth-order valence-electron chi connectivity index (χ4n) is 2.87. The Morgan fingerprint density at radius 1 is 1.16 bits per heavy atom. The van der Waals surface area contributed by atoms with E-state index in [0.717, 1.165) is 12.1 Å². The zero-order valence-corrected chi connectivity index (χ0v) is 14.1. The second-order valence-electron chi connectivity index (χ2n) is 5.77. The summed E-state index contributed by atoms with van der Waals surface area (Å²) in [6, 6.07) is 8.75. The molecule has 3 rings (SSSR count). The van der Waals surface area contributed by atoms with E-state index >= 15 is 0 Å². The fraction of sp³-hybridized carbons (Fsp3) is 0.222. The lowest BCUT2D eigenvalue weighted by Crippen LogP contribution is -2.58. The van der Waals surface area contributed by atoms with Gasteiger partial charge in [0, 0.05) is 29.7 Å². The summed E-state index contributed by atoms with van der Waals surface area (Å²) in [6.45, 7) is 1.94. The normalized spacial score (nSPS) is 17.8. The average Bonchev–Trinajstić information content (AvgIpc) is 2.57. The van der Waals surface area contributed by atoms with Crippen LogP contribution in [-0.4, -0.2) is 35.8 Å². The summed E-state index contributed by atoms with van der Waals surface area (Å²) in [7, 11) is 0. The number of carbonyl (C=O) groups excluding carboxylic acids is 2. The van der Waals surface area contributed by atoms with Crippen LogP contribution in [0.3, 0.4) is 0 Å². The first-order chi connectivity index (χ1) is 11.9. The third-order valence-electron chi connectivity index (χ3n) is 4.19. The summed E-state index contributed by atoms with van der Waals surface area (Å²) < 4.78 is 27.0. The number of halogens is 3. The van der Waals surface area contributed by atoms with Gasteiger partial charge in [0.1, 0.15) is 17.7 Å². The molecule has 1 fully saturated rings. The van der Waals surface area contributed by atoms with Crippen LogP contribution >= 0.6 is 11.6 Å². The second-order valence-corrected chi connectivity index (χ2v) is 6.21. The summed E-state index contributed by atoms with van der Waals surface area (Å²) in [5.74, 6) is -2.26. The first kappa shape index (κ1) is 17.4. The molecule has 0 unspecified atom stereocenters. The Hall–Kier alpha value is -2.47. The van der Waals surface area contributed by atoms with Gasteiger partial charge in [-0.2, -0.15) is 0 Å². The maximum Gasteiger partial charge on any atom is 0.254 e. The molecule has 1 atom stereocenters. The van der Waals surface area contributed by atoms with Gasteiger partial charge in [-0.1, -0.05) is 17.7 Å². The van der Waals surface area contributed by atoms with E-state index in [9.17, 15) is 18.4 Å². The van der Waals surface area contributed by atoms with Crippen molar-refractivity contribution >= 4 is 29.1 Å². The molecule has 1 aliphatic heterocycles. The van der Waals surface area contributed by atoms with E-state index < -0.39 is 23.6 Å². The molecule has 0 saturated carbocycles. The molecule has 1 saturated heterocycles. The minimum absolute atomic E-state index is 0.00750. The maximum atomic E-state index is 14.0. The van der Waals surface area contributed by atoms with Gasteiger partial charge in [0.2, 0.25) is 5.91 Å². The number of hydrogen-bond donors (Lipinski definition) is 0. The fourth-order valence-corrected chi connectivity index (χ4v) is 3.06. The van der Waals surface area contributed by atoms with Crippen molar-refractivity contribution in [3.8, 4) is 0 Å². The van der Waals surface area contributed by atoms with Crippen molar-refractivity contribution < 1.29 is 18.4 Å². The average molecular weight is 365 g/mol. The monoisotopic (exact) mass is 364 g/mol. The van der Waals surface area contributed by atoms with E-state index in [4.69, 9.17) is 11.6 Å². The predicted molar refractivity (Wildman–Crippen MR) is 90.7 cm³/mol. The lowest BCUT2D eigenvalue weighted by molar-refractivity contribution is -0.124. The Labute approximate surface area is 148 Å². The first-order valence-electron chi connectivity index (χ1n) is 7.71. The molecule has 2 amide bonds. The first-order valence-corrected chi connectivity index (χ1v) is 8.09. The van der Waals surface area contributed by atoms with E-state index in [1.807, 2.05) is 0 Å². The largest absolute Gasteiger partial charge is 0.325 e. The SMILES string of the molecule is C[C@@H]1C(=O)N(c2ccc(F)cc2F)CCN1C(=O)c1cccc(Cl)c1. The van der Waals surface area contributed by atoms with Gasteiger partial charge in [-0.3, -0.25) is 9.59 Å². The van der Waals surface area contributed by atoms with Crippen LogP contribution in [0.1, 0.15) is 17.3 Å². The van der Waals surface area contributed by atoms with E-state index in [2.05, 4.69) is 0 Å².